The molecule has 3 aromatic carbocycles. The molecule has 2 aromatic heterocycles. The van der Waals surface area contributed by atoms with Crippen molar-refractivity contribution < 1.29 is 19.0 Å². The highest BCUT2D eigenvalue weighted by Gasteiger charge is 2.44. The molecule has 0 N–H and O–H groups in total. The fraction of sp³-hybridized carbons (Fsp3) is 0.250. The Morgan fingerprint density at radius 3 is 2.58 bits per heavy atom. The van der Waals surface area contributed by atoms with Gasteiger partial charge in [-0.15, -0.1) is 5.10 Å². The van der Waals surface area contributed by atoms with Crippen molar-refractivity contribution in [1.82, 2.24) is 19.6 Å². The van der Waals surface area contributed by atoms with Gasteiger partial charge in [-0.05, 0) is 46.0 Å². The van der Waals surface area contributed by atoms with E-state index < -0.39 is 0 Å². The smallest absolute Gasteiger partial charge is 0.228 e. The van der Waals surface area contributed by atoms with E-state index in [9.17, 15) is 4.79 Å². The van der Waals surface area contributed by atoms with Gasteiger partial charge in [-0.25, -0.2) is 14.5 Å². The summed E-state index contributed by atoms with van der Waals surface area (Å²) in [5.74, 6) is 2.82. The largest absolute Gasteiger partial charge is 0.497 e. The molecule has 7 rings (SSSR count). The van der Waals surface area contributed by atoms with Crippen molar-refractivity contribution in [1.29, 1.82) is 0 Å². The molecule has 0 fully saturated rings. The van der Waals surface area contributed by atoms with Crippen LogP contribution in [0.2, 0.25) is 0 Å². The molecule has 0 radical (unpaired) electrons. The van der Waals surface area contributed by atoms with Crippen LogP contribution >= 0.6 is 0 Å². The van der Waals surface area contributed by atoms with Gasteiger partial charge < -0.3 is 14.2 Å². The maximum Gasteiger partial charge on any atom is 0.228 e. The summed E-state index contributed by atoms with van der Waals surface area (Å²) in [5, 5.41) is 6.89. The number of rotatable bonds is 5. The van der Waals surface area contributed by atoms with Crippen molar-refractivity contribution in [2.45, 2.75) is 39.2 Å². The zero-order valence-electron chi connectivity index (χ0n) is 22.5. The number of hydrogen-bond acceptors (Lipinski definition) is 7. The van der Waals surface area contributed by atoms with Gasteiger partial charge >= 0.3 is 0 Å². The molecule has 0 spiro atoms. The molecule has 0 saturated heterocycles. The van der Waals surface area contributed by atoms with Crippen LogP contribution in [0.1, 0.15) is 49.6 Å². The Kier molecular flexibility index (Phi) is 5.59. The minimum atomic E-state index is -0.386. The summed E-state index contributed by atoms with van der Waals surface area (Å²) in [4.78, 5) is 23.1. The monoisotopic (exact) mass is 532 g/mol. The quantitative estimate of drug-likeness (QED) is 0.273. The summed E-state index contributed by atoms with van der Waals surface area (Å²) in [6.45, 7) is 4.36. The molecule has 200 valence electrons. The molecule has 0 amide bonds. The highest BCUT2D eigenvalue weighted by Crippen LogP contribution is 2.50. The van der Waals surface area contributed by atoms with E-state index in [-0.39, 0.29) is 23.7 Å². The first kappa shape index (κ1) is 24.3. The number of fused-ring (bicyclic) bond motifs is 4. The van der Waals surface area contributed by atoms with Crippen LogP contribution in [0.3, 0.4) is 0 Å². The minimum absolute atomic E-state index is 0.0825. The van der Waals surface area contributed by atoms with Crippen LogP contribution in [-0.4, -0.2) is 32.5 Å². The van der Waals surface area contributed by atoms with Crippen LogP contribution in [0.4, 0.5) is 0 Å². The average molecular weight is 533 g/mol. The maximum absolute atomic E-state index is 13.6. The number of benzene rings is 3. The van der Waals surface area contributed by atoms with Crippen LogP contribution in [0.15, 0.2) is 84.4 Å². The third-order valence-corrected chi connectivity index (χ3v) is 7.65. The number of methoxy groups -OCH3 is 1. The second-order valence-corrected chi connectivity index (χ2v) is 11.1. The van der Waals surface area contributed by atoms with E-state index in [2.05, 4.69) is 36.1 Å². The molecule has 3 heterocycles. The highest BCUT2D eigenvalue weighted by molar-refractivity contribution is 6.00. The first-order valence-corrected chi connectivity index (χ1v) is 13.3. The predicted molar refractivity (Wildman–Crippen MR) is 150 cm³/mol. The standard InChI is InChI=1S/C32H28N4O4/c1-32(2)15-24(37)28-25(16-32)40-31-29(27(28)20-9-11-22(38-3)12-10-20)30-34-26(35-36(30)18-33-31)17-39-23-13-8-19-6-4-5-7-21(19)14-23/h4-14,18,27H,15-17H2,1-3H3/t27-/m0/s1. The van der Waals surface area contributed by atoms with E-state index in [1.807, 2.05) is 54.6 Å². The fourth-order valence-electron chi connectivity index (χ4n) is 5.79. The first-order chi connectivity index (χ1) is 19.4. The van der Waals surface area contributed by atoms with Crippen molar-refractivity contribution in [3.8, 4) is 17.4 Å². The van der Waals surface area contributed by atoms with Crippen molar-refractivity contribution in [3.63, 3.8) is 0 Å². The molecule has 1 aliphatic heterocycles. The molecule has 2 aliphatic rings. The van der Waals surface area contributed by atoms with Crippen molar-refractivity contribution in [2.24, 2.45) is 5.41 Å². The Bertz CT molecular complexity index is 1820. The summed E-state index contributed by atoms with van der Waals surface area (Å²) in [7, 11) is 1.64. The van der Waals surface area contributed by atoms with Crippen LogP contribution in [0.5, 0.6) is 17.4 Å². The van der Waals surface area contributed by atoms with E-state index >= 15 is 0 Å². The van der Waals surface area contributed by atoms with Crippen molar-refractivity contribution in [3.05, 3.63) is 101 Å². The summed E-state index contributed by atoms with van der Waals surface area (Å²) in [6, 6.07) is 21.9. The lowest BCUT2D eigenvalue weighted by atomic mass is 9.70. The molecular weight excluding hydrogens is 504 g/mol. The number of aromatic nitrogens is 4. The molecule has 0 bridgehead atoms. The number of ketones is 1. The Balaban J connectivity index is 1.30. The summed E-state index contributed by atoms with van der Waals surface area (Å²) in [6.07, 6.45) is 2.71. The van der Waals surface area contributed by atoms with E-state index in [4.69, 9.17) is 19.2 Å². The van der Waals surface area contributed by atoms with Gasteiger partial charge in [0, 0.05) is 24.3 Å². The summed E-state index contributed by atoms with van der Waals surface area (Å²) < 4.78 is 19.4. The lowest BCUT2D eigenvalue weighted by Crippen LogP contribution is -2.33. The van der Waals surface area contributed by atoms with Crippen LogP contribution in [0, 0.1) is 5.41 Å². The third kappa shape index (κ3) is 4.16. The summed E-state index contributed by atoms with van der Waals surface area (Å²) in [5.41, 5.74) is 2.74. The van der Waals surface area contributed by atoms with Gasteiger partial charge in [0.15, 0.2) is 17.3 Å². The molecule has 8 heteroatoms. The van der Waals surface area contributed by atoms with Gasteiger partial charge in [0.2, 0.25) is 5.88 Å². The predicted octanol–water partition coefficient (Wildman–Crippen LogP) is 6.03. The van der Waals surface area contributed by atoms with Gasteiger partial charge in [-0.2, -0.15) is 0 Å². The van der Waals surface area contributed by atoms with Gasteiger partial charge in [0.05, 0.1) is 12.7 Å². The molecule has 8 nitrogen and oxygen atoms in total. The molecule has 1 aliphatic carbocycles. The molecule has 0 unspecified atom stereocenters. The molecule has 0 saturated carbocycles. The number of nitrogens with zero attached hydrogens (tertiary/aromatic N) is 4. The molecule has 40 heavy (non-hydrogen) atoms. The SMILES string of the molecule is COc1ccc([C@H]2C3=C(CC(C)(C)CC3=O)Oc3ncn4nc(COc5ccc6ccccc6c5)nc4c32)cc1. The van der Waals surface area contributed by atoms with E-state index in [0.717, 1.165) is 33.4 Å². The third-order valence-electron chi connectivity index (χ3n) is 7.65. The Labute approximate surface area is 231 Å². The van der Waals surface area contributed by atoms with E-state index in [1.54, 1.807) is 18.0 Å². The number of ether oxygens (including phenoxy) is 3. The topological polar surface area (TPSA) is 87.8 Å². The van der Waals surface area contributed by atoms with Crippen LogP contribution in [0.25, 0.3) is 16.4 Å². The number of Topliss-reactive ketones (excluding diaryl/α,β-unsaturated/α-hetero) is 1. The lowest BCUT2D eigenvalue weighted by molar-refractivity contribution is -0.118. The van der Waals surface area contributed by atoms with Gasteiger partial charge in [-0.3, -0.25) is 4.79 Å². The minimum Gasteiger partial charge on any atom is -0.497 e. The van der Waals surface area contributed by atoms with E-state index in [1.165, 1.54) is 0 Å². The van der Waals surface area contributed by atoms with Crippen molar-refractivity contribution in [2.75, 3.05) is 7.11 Å². The highest BCUT2D eigenvalue weighted by atomic mass is 16.5. The zero-order chi connectivity index (χ0) is 27.4. The van der Waals surface area contributed by atoms with Gasteiger partial charge in [0.25, 0.3) is 0 Å². The summed E-state index contributed by atoms with van der Waals surface area (Å²) >= 11 is 0. The van der Waals surface area contributed by atoms with Gasteiger partial charge in [-0.1, -0.05) is 56.3 Å². The average Bonchev–Trinajstić information content (AvgIpc) is 3.38. The van der Waals surface area contributed by atoms with Crippen LogP contribution < -0.4 is 14.2 Å². The second-order valence-electron chi connectivity index (χ2n) is 11.1. The molecule has 5 aromatic rings. The first-order valence-electron chi connectivity index (χ1n) is 13.3. The Hall–Kier alpha value is -4.72. The van der Waals surface area contributed by atoms with Crippen LogP contribution in [-0.2, 0) is 11.4 Å². The zero-order valence-corrected chi connectivity index (χ0v) is 22.5. The number of allylic oxidation sites excluding steroid dienone is 2. The number of hydrogen-bond donors (Lipinski definition) is 0. The van der Waals surface area contributed by atoms with E-state index in [0.29, 0.717) is 41.5 Å². The number of carbonyl (C=O) groups is 1. The van der Waals surface area contributed by atoms with Gasteiger partial charge in [0.1, 0.15) is 30.2 Å². The second kappa shape index (κ2) is 9.19. The number of carbonyl (C=O) groups excluding carboxylic acids is 1. The Morgan fingerprint density at radius 1 is 1.00 bits per heavy atom. The lowest BCUT2D eigenvalue weighted by Gasteiger charge is -2.37. The normalized spacial score (nSPS) is 17.9. The maximum atomic E-state index is 13.6. The molecule has 1 atom stereocenters. The fourth-order valence-corrected chi connectivity index (χ4v) is 5.79. The van der Waals surface area contributed by atoms with Crippen molar-refractivity contribution >= 4 is 22.2 Å². The molecular formula is C32H28N4O4. The Morgan fingerprint density at radius 2 is 1.77 bits per heavy atom.